The van der Waals surface area contributed by atoms with Crippen LogP contribution in [0.2, 0.25) is 0 Å². The summed E-state index contributed by atoms with van der Waals surface area (Å²) in [5.41, 5.74) is 0.761. The largest absolute Gasteiger partial charge is 0.497 e. The Balaban J connectivity index is 1.84. The highest BCUT2D eigenvalue weighted by Crippen LogP contribution is 2.33. The van der Waals surface area contributed by atoms with Crippen LogP contribution in [-0.4, -0.2) is 42.2 Å². The van der Waals surface area contributed by atoms with Gasteiger partial charge in [0.15, 0.2) is 5.11 Å². The molecule has 1 fully saturated rings. The first-order valence-electron chi connectivity index (χ1n) is 9.73. The molecule has 4 rings (SSSR count). The van der Waals surface area contributed by atoms with Crippen molar-refractivity contribution in [3.8, 4) is 11.5 Å². The lowest BCUT2D eigenvalue weighted by Gasteiger charge is -2.29. The summed E-state index contributed by atoms with van der Waals surface area (Å²) in [6.45, 7) is 0. The quantitative estimate of drug-likeness (QED) is 0.340. The molecule has 1 heterocycles. The van der Waals surface area contributed by atoms with Crippen LogP contribution < -0.4 is 19.7 Å². The topological polar surface area (TPSA) is 105 Å². The number of carboxylic acid groups (broad SMARTS) is 1. The minimum atomic E-state index is -1.10. The van der Waals surface area contributed by atoms with E-state index in [-0.39, 0.29) is 16.2 Å². The van der Waals surface area contributed by atoms with E-state index in [1.54, 1.807) is 19.2 Å². The van der Waals surface area contributed by atoms with Crippen molar-refractivity contribution in [2.24, 2.45) is 0 Å². The predicted octanol–water partition coefficient (Wildman–Crippen LogP) is 3.39. The van der Waals surface area contributed by atoms with Gasteiger partial charge in [-0.05, 0) is 71.5 Å². The van der Waals surface area contributed by atoms with E-state index in [1.807, 2.05) is 18.2 Å². The van der Waals surface area contributed by atoms with Crippen molar-refractivity contribution in [3.05, 3.63) is 71.3 Å². The number of ether oxygens (including phenoxy) is 2. The summed E-state index contributed by atoms with van der Waals surface area (Å²) in [7, 11) is 3.05. The lowest BCUT2D eigenvalue weighted by molar-refractivity contribution is -0.122. The molecule has 0 spiro atoms. The number of fused-ring (bicyclic) bond motifs is 1. The zero-order valence-corrected chi connectivity index (χ0v) is 18.4. The Morgan fingerprint density at radius 1 is 1.03 bits per heavy atom. The fraction of sp³-hybridized carbons (Fsp3) is 0.0833. The standard InChI is InChI=1S/C24H18N2O6S/c1-31-16-9-5-13-6-10-20(32-2)18(17(13)11-16)12-19-21(27)25-24(33)26(22(19)28)15-7-3-14(4-8-15)23(29)30/h3-12H,1-2H3,(H,29,30)(H,25,27,33)/b19-12+. The summed E-state index contributed by atoms with van der Waals surface area (Å²) in [6, 6.07) is 14.7. The molecule has 3 aromatic rings. The van der Waals surface area contributed by atoms with Crippen molar-refractivity contribution in [1.29, 1.82) is 0 Å². The Hall–Kier alpha value is -4.24. The molecule has 166 valence electrons. The van der Waals surface area contributed by atoms with E-state index >= 15 is 0 Å². The highest BCUT2D eigenvalue weighted by Gasteiger charge is 2.35. The molecule has 9 heteroatoms. The number of carbonyl (C=O) groups is 3. The summed E-state index contributed by atoms with van der Waals surface area (Å²) in [6.07, 6.45) is 1.46. The van der Waals surface area contributed by atoms with Crippen LogP contribution in [0, 0.1) is 0 Å². The normalized spacial score (nSPS) is 15.0. The zero-order chi connectivity index (χ0) is 23.7. The summed E-state index contributed by atoms with van der Waals surface area (Å²) in [5, 5.41) is 13.1. The van der Waals surface area contributed by atoms with Crippen LogP contribution >= 0.6 is 12.2 Å². The second-order valence-electron chi connectivity index (χ2n) is 7.08. The first-order chi connectivity index (χ1) is 15.8. The van der Waals surface area contributed by atoms with E-state index in [0.29, 0.717) is 22.7 Å². The van der Waals surface area contributed by atoms with E-state index in [4.69, 9.17) is 26.8 Å². The maximum atomic E-state index is 13.4. The van der Waals surface area contributed by atoms with Crippen molar-refractivity contribution >= 4 is 57.6 Å². The molecule has 0 radical (unpaired) electrons. The molecule has 1 aliphatic heterocycles. The predicted molar refractivity (Wildman–Crippen MR) is 127 cm³/mol. The van der Waals surface area contributed by atoms with E-state index in [2.05, 4.69) is 5.32 Å². The van der Waals surface area contributed by atoms with E-state index < -0.39 is 17.8 Å². The van der Waals surface area contributed by atoms with Gasteiger partial charge < -0.3 is 14.6 Å². The van der Waals surface area contributed by atoms with Crippen LogP contribution in [0.1, 0.15) is 15.9 Å². The number of hydrogen-bond donors (Lipinski definition) is 2. The number of nitrogens with one attached hydrogen (secondary N) is 1. The third-order valence-corrected chi connectivity index (χ3v) is 5.50. The van der Waals surface area contributed by atoms with Gasteiger partial charge in [0.05, 0.1) is 25.5 Å². The van der Waals surface area contributed by atoms with Crippen LogP contribution in [0.3, 0.4) is 0 Å². The number of nitrogens with zero attached hydrogens (tertiary/aromatic N) is 1. The van der Waals surface area contributed by atoms with Crippen molar-refractivity contribution < 1.29 is 29.0 Å². The molecular weight excluding hydrogens is 444 g/mol. The van der Waals surface area contributed by atoms with Crippen molar-refractivity contribution in [2.45, 2.75) is 0 Å². The molecular formula is C24H18N2O6S. The van der Waals surface area contributed by atoms with Gasteiger partial charge in [-0.15, -0.1) is 0 Å². The Morgan fingerprint density at radius 2 is 1.73 bits per heavy atom. The maximum Gasteiger partial charge on any atom is 0.335 e. The number of methoxy groups -OCH3 is 2. The summed E-state index contributed by atoms with van der Waals surface area (Å²) < 4.78 is 10.8. The first-order valence-corrected chi connectivity index (χ1v) is 10.1. The molecule has 33 heavy (non-hydrogen) atoms. The van der Waals surface area contributed by atoms with E-state index in [1.165, 1.54) is 37.5 Å². The van der Waals surface area contributed by atoms with Crippen molar-refractivity contribution in [2.75, 3.05) is 19.1 Å². The molecule has 2 amide bonds. The van der Waals surface area contributed by atoms with Gasteiger partial charge in [-0.1, -0.05) is 12.1 Å². The van der Waals surface area contributed by atoms with Crippen LogP contribution in [0.4, 0.5) is 5.69 Å². The second kappa shape index (κ2) is 8.71. The number of anilines is 1. The zero-order valence-electron chi connectivity index (χ0n) is 17.6. The van der Waals surface area contributed by atoms with Crippen LogP contribution in [0.15, 0.2) is 60.2 Å². The number of aromatic carboxylic acids is 1. The van der Waals surface area contributed by atoms with Gasteiger partial charge in [-0.2, -0.15) is 0 Å². The van der Waals surface area contributed by atoms with Crippen LogP contribution in [-0.2, 0) is 9.59 Å². The monoisotopic (exact) mass is 462 g/mol. The Labute approximate surface area is 194 Å². The van der Waals surface area contributed by atoms with Gasteiger partial charge in [-0.25, -0.2) is 4.79 Å². The van der Waals surface area contributed by atoms with Crippen molar-refractivity contribution in [3.63, 3.8) is 0 Å². The van der Waals surface area contributed by atoms with Crippen LogP contribution in [0.5, 0.6) is 11.5 Å². The number of thiocarbonyl (C=S) groups is 1. The highest BCUT2D eigenvalue weighted by molar-refractivity contribution is 7.80. The van der Waals surface area contributed by atoms with Gasteiger partial charge in [0.2, 0.25) is 0 Å². The number of rotatable bonds is 5. The molecule has 0 bridgehead atoms. The molecule has 0 unspecified atom stereocenters. The lowest BCUT2D eigenvalue weighted by Crippen LogP contribution is -2.54. The molecule has 3 aromatic carbocycles. The summed E-state index contributed by atoms with van der Waals surface area (Å²) >= 11 is 5.21. The average molecular weight is 462 g/mol. The minimum absolute atomic E-state index is 0.0587. The minimum Gasteiger partial charge on any atom is -0.497 e. The smallest absolute Gasteiger partial charge is 0.335 e. The molecule has 1 aliphatic rings. The van der Waals surface area contributed by atoms with Gasteiger partial charge in [0, 0.05) is 5.56 Å². The van der Waals surface area contributed by atoms with E-state index in [0.717, 1.165) is 15.7 Å². The maximum absolute atomic E-state index is 13.4. The lowest BCUT2D eigenvalue weighted by atomic mass is 9.99. The fourth-order valence-electron chi connectivity index (χ4n) is 3.55. The Kier molecular flexibility index (Phi) is 5.80. The Bertz CT molecular complexity index is 1340. The molecule has 0 aliphatic carbocycles. The van der Waals surface area contributed by atoms with Gasteiger partial charge in [-0.3, -0.25) is 19.8 Å². The molecule has 8 nitrogen and oxygen atoms in total. The van der Waals surface area contributed by atoms with Crippen LogP contribution in [0.25, 0.3) is 16.8 Å². The fourth-order valence-corrected chi connectivity index (χ4v) is 3.83. The highest BCUT2D eigenvalue weighted by atomic mass is 32.1. The van der Waals surface area contributed by atoms with Gasteiger partial charge in [0.1, 0.15) is 17.1 Å². The number of carbonyl (C=O) groups excluding carboxylic acids is 2. The van der Waals surface area contributed by atoms with Gasteiger partial charge >= 0.3 is 5.97 Å². The number of hydrogen-bond acceptors (Lipinski definition) is 6. The number of carboxylic acids is 1. The third kappa shape index (κ3) is 4.01. The molecule has 0 atom stereocenters. The number of amides is 2. The summed E-state index contributed by atoms with van der Waals surface area (Å²) in [5.74, 6) is -1.31. The molecule has 2 N–H and O–H groups in total. The summed E-state index contributed by atoms with van der Waals surface area (Å²) in [4.78, 5) is 38.4. The molecule has 0 saturated carbocycles. The van der Waals surface area contributed by atoms with E-state index in [9.17, 15) is 14.4 Å². The Morgan fingerprint density at radius 3 is 2.36 bits per heavy atom. The first kappa shape index (κ1) is 22.0. The second-order valence-corrected chi connectivity index (χ2v) is 7.47. The average Bonchev–Trinajstić information content (AvgIpc) is 2.81. The molecule has 1 saturated heterocycles. The van der Waals surface area contributed by atoms with Gasteiger partial charge in [0.25, 0.3) is 11.8 Å². The third-order valence-electron chi connectivity index (χ3n) is 5.21. The molecule has 0 aromatic heterocycles. The van der Waals surface area contributed by atoms with Crippen molar-refractivity contribution in [1.82, 2.24) is 5.32 Å². The SMILES string of the molecule is COc1ccc2ccc(OC)c(/C=C3\C(=O)NC(=S)N(c4ccc(C(=O)O)cc4)C3=O)c2c1. The number of benzene rings is 3.